The zero-order valence-electron chi connectivity index (χ0n) is 7.82. The Morgan fingerprint density at radius 2 is 2.15 bits per heavy atom. The summed E-state index contributed by atoms with van der Waals surface area (Å²) < 4.78 is 4.91. The van der Waals surface area contributed by atoms with Crippen molar-refractivity contribution in [1.29, 1.82) is 0 Å². The number of hydrogen-bond acceptors (Lipinski definition) is 3. The van der Waals surface area contributed by atoms with Crippen LogP contribution >= 0.6 is 0 Å². The van der Waals surface area contributed by atoms with Gasteiger partial charge in [-0.05, 0) is 20.3 Å². The molecule has 1 heterocycles. The minimum Gasteiger partial charge on any atom is -0.447 e. The second kappa shape index (κ2) is 3.64. The van der Waals surface area contributed by atoms with Crippen molar-refractivity contribution in [3.8, 4) is 0 Å². The molecule has 0 bridgehead atoms. The highest BCUT2D eigenvalue weighted by atomic mass is 16.6. The maximum absolute atomic E-state index is 11.2. The highest BCUT2D eigenvalue weighted by molar-refractivity contribution is 5.85. The maximum atomic E-state index is 11.2. The van der Waals surface area contributed by atoms with Gasteiger partial charge in [0.2, 0.25) is 5.91 Å². The van der Waals surface area contributed by atoms with E-state index in [0.717, 1.165) is 0 Å². The van der Waals surface area contributed by atoms with E-state index in [-0.39, 0.29) is 6.10 Å². The summed E-state index contributed by atoms with van der Waals surface area (Å²) >= 11 is 0. The van der Waals surface area contributed by atoms with Crippen LogP contribution in [0.25, 0.3) is 0 Å². The Morgan fingerprint density at radius 1 is 1.54 bits per heavy atom. The van der Waals surface area contributed by atoms with Gasteiger partial charge >= 0.3 is 6.09 Å². The quantitative estimate of drug-likeness (QED) is 0.664. The van der Waals surface area contributed by atoms with E-state index < -0.39 is 18.0 Å². The molecule has 0 aromatic carbocycles. The molecule has 0 radical (unpaired) electrons. The number of ether oxygens (including phenoxy) is 1. The van der Waals surface area contributed by atoms with Gasteiger partial charge in [0.05, 0.1) is 6.10 Å². The van der Waals surface area contributed by atoms with Gasteiger partial charge in [0.25, 0.3) is 0 Å². The zero-order chi connectivity index (χ0) is 10.0. The Bertz CT molecular complexity index is 227. The summed E-state index contributed by atoms with van der Waals surface area (Å²) in [5.74, 6) is -0.466. The number of primary amides is 1. The van der Waals surface area contributed by atoms with Crippen molar-refractivity contribution in [2.75, 3.05) is 6.54 Å². The molecule has 74 valence electrons. The minimum atomic E-state index is -0.466. The third-order valence-electron chi connectivity index (χ3n) is 1.92. The van der Waals surface area contributed by atoms with E-state index in [4.69, 9.17) is 10.5 Å². The first-order chi connectivity index (χ1) is 6.02. The fourth-order valence-corrected chi connectivity index (χ4v) is 1.17. The van der Waals surface area contributed by atoms with Gasteiger partial charge in [-0.2, -0.15) is 0 Å². The summed E-state index contributed by atoms with van der Waals surface area (Å²) in [6.07, 6.45) is 0.0226. The van der Waals surface area contributed by atoms with Crippen molar-refractivity contribution in [3.63, 3.8) is 0 Å². The van der Waals surface area contributed by atoms with Crippen LogP contribution in [-0.4, -0.2) is 35.6 Å². The summed E-state index contributed by atoms with van der Waals surface area (Å²) in [6.45, 7) is 4.08. The predicted molar refractivity (Wildman–Crippen MR) is 45.9 cm³/mol. The monoisotopic (exact) mass is 186 g/mol. The Labute approximate surface area is 76.8 Å². The zero-order valence-corrected chi connectivity index (χ0v) is 7.82. The standard InChI is InChI=1S/C8H14N2O3/c1-5(2)13-8(12)10-4-3-6(10)7(9)11/h5-6H,3-4H2,1-2H3,(H2,9,11). The van der Waals surface area contributed by atoms with Gasteiger partial charge < -0.3 is 10.5 Å². The van der Waals surface area contributed by atoms with E-state index in [9.17, 15) is 9.59 Å². The number of carbonyl (C=O) groups is 2. The molecular weight excluding hydrogens is 172 g/mol. The highest BCUT2D eigenvalue weighted by Crippen LogP contribution is 2.18. The van der Waals surface area contributed by atoms with Crippen molar-refractivity contribution >= 4 is 12.0 Å². The molecule has 1 rings (SSSR count). The molecule has 5 nitrogen and oxygen atoms in total. The SMILES string of the molecule is CC(C)OC(=O)N1CCC1C(N)=O. The number of hydrogen-bond donors (Lipinski definition) is 1. The first kappa shape index (κ1) is 9.83. The van der Waals surface area contributed by atoms with Crippen molar-refractivity contribution < 1.29 is 14.3 Å². The lowest BCUT2D eigenvalue weighted by Gasteiger charge is -2.37. The molecule has 0 aliphatic carbocycles. The van der Waals surface area contributed by atoms with Crippen LogP contribution in [0.5, 0.6) is 0 Å². The molecule has 1 atom stereocenters. The summed E-state index contributed by atoms with van der Waals surface area (Å²) in [5.41, 5.74) is 5.07. The second-order valence-electron chi connectivity index (χ2n) is 3.33. The lowest BCUT2D eigenvalue weighted by molar-refractivity contribution is -0.126. The number of nitrogens with zero attached hydrogens (tertiary/aromatic N) is 1. The predicted octanol–water partition coefficient (Wildman–Crippen LogP) is 0.0910. The Hall–Kier alpha value is -1.26. The van der Waals surface area contributed by atoms with Gasteiger partial charge in [0, 0.05) is 6.54 Å². The lowest BCUT2D eigenvalue weighted by atomic mass is 10.0. The molecule has 0 aromatic rings. The topological polar surface area (TPSA) is 72.6 Å². The van der Waals surface area contributed by atoms with Crippen molar-refractivity contribution in [2.24, 2.45) is 5.73 Å². The van der Waals surface area contributed by atoms with Crippen molar-refractivity contribution in [2.45, 2.75) is 32.4 Å². The van der Waals surface area contributed by atoms with Gasteiger partial charge in [0.1, 0.15) is 6.04 Å². The van der Waals surface area contributed by atoms with Crippen LogP contribution < -0.4 is 5.73 Å². The molecule has 1 unspecified atom stereocenters. The fraction of sp³-hybridized carbons (Fsp3) is 0.750. The number of carbonyl (C=O) groups excluding carboxylic acids is 2. The molecule has 2 amide bonds. The van der Waals surface area contributed by atoms with Gasteiger partial charge in [0.15, 0.2) is 0 Å². The van der Waals surface area contributed by atoms with Crippen molar-refractivity contribution in [3.05, 3.63) is 0 Å². The Balaban J connectivity index is 2.44. The number of amides is 2. The first-order valence-electron chi connectivity index (χ1n) is 4.29. The van der Waals surface area contributed by atoms with Crippen LogP contribution in [0.3, 0.4) is 0 Å². The number of nitrogens with two attached hydrogens (primary N) is 1. The van der Waals surface area contributed by atoms with Gasteiger partial charge in [-0.25, -0.2) is 4.79 Å². The van der Waals surface area contributed by atoms with Crippen LogP contribution in [0.1, 0.15) is 20.3 Å². The van der Waals surface area contributed by atoms with E-state index in [2.05, 4.69) is 0 Å². The van der Waals surface area contributed by atoms with Gasteiger partial charge in [-0.1, -0.05) is 0 Å². The smallest absolute Gasteiger partial charge is 0.410 e. The highest BCUT2D eigenvalue weighted by Gasteiger charge is 2.37. The van der Waals surface area contributed by atoms with E-state index in [1.807, 2.05) is 0 Å². The molecule has 13 heavy (non-hydrogen) atoms. The Kier molecular flexibility index (Phi) is 2.75. The average molecular weight is 186 g/mol. The van der Waals surface area contributed by atoms with Gasteiger partial charge in [-0.15, -0.1) is 0 Å². The molecule has 0 spiro atoms. The number of likely N-dealkylation sites (tertiary alicyclic amines) is 1. The van der Waals surface area contributed by atoms with Crippen LogP contribution in [0.4, 0.5) is 4.79 Å². The fourth-order valence-electron chi connectivity index (χ4n) is 1.17. The Morgan fingerprint density at radius 3 is 2.46 bits per heavy atom. The minimum absolute atomic E-state index is 0.165. The van der Waals surface area contributed by atoms with Gasteiger partial charge in [-0.3, -0.25) is 9.69 Å². The molecular formula is C8H14N2O3. The van der Waals surface area contributed by atoms with Crippen LogP contribution in [0.2, 0.25) is 0 Å². The van der Waals surface area contributed by atoms with Crippen LogP contribution in [0, 0.1) is 0 Å². The van der Waals surface area contributed by atoms with E-state index in [1.165, 1.54) is 4.90 Å². The molecule has 1 aliphatic heterocycles. The molecule has 1 fully saturated rings. The summed E-state index contributed by atoms with van der Waals surface area (Å²) in [4.78, 5) is 23.4. The van der Waals surface area contributed by atoms with Crippen LogP contribution in [0.15, 0.2) is 0 Å². The van der Waals surface area contributed by atoms with Crippen LogP contribution in [-0.2, 0) is 9.53 Å². The third-order valence-corrected chi connectivity index (χ3v) is 1.92. The lowest BCUT2D eigenvalue weighted by Crippen LogP contribution is -2.57. The molecule has 1 saturated heterocycles. The summed E-state index contributed by atoms with van der Waals surface area (Å²) in [6, 6.07) is -0.466. The molecule has 2 N–H and O–H groups in total. The van der Waals surface area contributed by atoms with E-state index in [1.54, 1.807) is 13.8 Å². The number of rotatable bonds is 2. The largest absolute Gasteiger partial charge is 0.447 e. The molecule has 1 aliphatic rings. The molecule has 0 saturated carbocycles. The second-order valence-corrected chi connectivity index (χ2v) is 3.33. The average Bonchev–Trinajstić information content (AvgIpc) is 1.79. The molecule has 0 aromatic heterocycles. The maximum Gasteiger partial charge on any atom is 0.410 e. The normalized spacial score (nSPS) is 21.2. The van der Waals surface area contributed by atoms with E-state index in [0.29, 0.717) is 13.0 Å². The summed E-state index contributed by atoms with van der Waals surface area (Å²) in [5, 5.41) is 0. The molecule has 5 heteroatoms. The van der Waals surface area contributed by atoms with E-state index >= 15 is 0 Å². The van der Waals surface area contributed by atoms with Crippen molar-refractivity contribution in [1.82, 2.24) is 4.90 Å². The first-order valence-corrected chi connectivity index (χ1v) is 4.29. The third kappa shape index (κ3) is 2.11. The summed E-state index contributed by atoms with van der Waals surface area (Å²) in [7, 11) is 0.